The molecule has 0 aliphatic heterocycles. The van der Waals surface area contributed by atoms with E-state index in [4.69, 9.17) is 9.63 Å². The van der Waals surface area contributed by atoms with Gasteiger partial charge in [-0.05, 0) is 30.7 Å². The van der Waals surface area contributed by atoms with Crippen LogP contribution in [-0.2, 0) is 6.42 Å². The maximum atomic E-state index is 9.16. The van der Waals surface area contributed by atoms with Gasteiger partial charge in [0.05, 0.1) is 0 Å². The third-order valence-electron chi connectivity index (χ3n) is 2.34. The Bertz CT molecular complexity index is 448. The molecule has 0 bridgehead atoms. The molecular formula is C12H14N2O2. The van der Waals surface area contributed by atoms with Crippen molar-refractivity contribution in [1.29, 1.82) is 0 Å². The Morgan fingerprint density at radius 1 is 1.25 bits per heavy atom. The lowest BCUT2D eigenvalue weighted by molar-refractivity contribution is 0.375. The average Bonchev–Trinajstić information content (AvgIpc) is 2.76. The second kappa shape index (κ2) is 4.79. The Kier molecular flexibility index (Phi) is 3.19. The van der Waals surface area contributed by atoms with E-state index in [0.717, 1.165) is 24.8 Å². The van der Waals surface area contributed by atoms with Crippen LogP contribution in [0.3, 0.4) is 0 Å². The first-order valence-electron chi connectivity index (χ1n) is 5.41. The topological polar surface area (TPSA) is 59.2 Å². The van der Waals surface area contributed by atoms with Crippen molar-refractivity contribution in [2.75, 3.05) is 0 Å². The van der Waals surface area contributed by atoms with Crippen LogP contribution in [0.4, 0.5) is 0 Å². The van der Waals surface area contributed by atoms with E-state index in [9.17, 15) is 0 Å². The number of nitrogens with zero attached hydrogens (tertiary/aromatic N) is 2. The van der Waals surface area contributed by atoms with E-state index in [1.54, 1.807) is 24.3 Å². The molecule has 4 nitrogen and oxygen atoms in total. The van der Waals surface area contributed by atoms with E-state index in [1.807, 2.05) is 0 Å². The summed E-state index contributed by atoms with van der Waals surface area (Å²) in [4.78, 5) is 4.29. The third-order valence-corrected chi connectivity index (χ3v) is 2.34. The first kappa shape index (κ1) is 10.7. The highest BCUT2D eigenvalue weighted by atomic mass is 16.5. The van der Waals surface area contributed by atoms with E-state index >= 15 is 0 Å². The minimum absolute atomic E-state index is 0.235. The molecule has 1 heterocycles. The van der Waals surface area contributed by atoms with Crippen LogP contribution in [-0.4, -0.2) is 15.2 Å². The van der Waals surface area contributed by atoms with Gasteiger partial charge in [0.25, 0.3) is 0 Å². The summed E-state index contributed by atoms with van der Waals surface area (Å²) in [6.07, 6.45) is 2.98. The normalized spacial score (nSPS) is 10.6. The molecule has 0 aliphatic rings. The van der Waals surface area contributed by atoms with Gasteiger partial charge >= 0.3 is 0 Å². The van der Waals surface area contributed by atoms with Crippen LogP contribution in [0.5, 0.6) is 5.75 Å². The van der Waals surface area contributed by atoms with Gasteiger partial charge in [-0.15, -0.1) is 0 Å². The predicted octanol–water partition coefficient (Wildman–Crippen LogP) is 2.78. The van der Waals surface area contributed by atoms with Crippen molar-refractivity contribution in [3.8, 4) is 17.1 Å². The Morgan fingerprint density at radius 3 is 2.69 bits per heavy atom. The molecule has 1 aromatic carbocycles. The summed E-state index contributed by atoms with van der Waals surface area (Å²) in [7, 11) is 0. The van der Waals surface area contributed by atoms with Crippen molar-refractivity contribution in [1.82, 2.24) is 10.1 Å². The molecule has 0 fully saturated rings. The maximum Gasteiger partial charge on any atom is 0.226 e. The Labute approximate surface area is 93.9 Å². The van der Waals surface area contributed by atoms with Gasteiger partial charge in [0.1, 0.15) is 5.75 Å². The molecule has 84 valence electrons. The van der Waals surface area contributed by atoms with Crippen molar-refractivity contribution < 1.29 is 9.63 Å². The number of phenolic OH excluding ortho intramolecular Hbond substituents is 1. The summed E-state index contributed by atoms with van der Waals surface area (Å²) in [6.45, 7) is 2.12. The summed E-state index contributed by atoms with van der Waals surface area (Å²) in [5, 5.41) is 13.1. The van der Waals surface area contributed by atoms with Gasteiger partial charge in [-0.25, -0.2) is 0 Å². The smallest absolute Gasteiger partial charge is 0.226 e. The molecule has 0 saturated heterocycles. The molecule has 1 N–H and O–H groups in total. The highest BCUT2D eigenvalue weighted by Gasteiger charge is 2.07. The fourth-order valence-electron chi connectivity index (χ4n) is 1.41. The van der Waals surface area contributed by atoms with Crippen molar-refractivity contribution in [3.05, 3.63) is 30.2 Å². The quantitative estimate of drug-likeness (QED) is 0.857. The molecule has 0 radical (unpaired) electrons. The first-order valence-corrected chi connectivity index (χ1v) is 5.41. The summed E-state index contributed by atoms with van der Waals surface area (Å²) < 4.78 is 5.13. The molecule has 2 rings (SSSR count). The predicted molar refractivity (Wildman–Crippen MR) is 60.0 cm³/mol. The third kappa shape index (κ3) is 2.39. The van der Waals surface area contributed by atoms with E-state index < -0.39 is 0 Å². The number of unbranched alkanes of at least 4 members (excludes halogenated alkanes) is 1. The van der Waals surface area contributed by atoms with Crippen LogP contribution in [0, 0.1) is 0 Å². The van der Waals surface area contributed by atoms with Gasteiger partial charge in [-0.1, -0.05) is 18.5 Å². The zero-order chi connectivity index (χ0) is 11.4. The molecule has 0 aliphatic carbocycles. The lowest BCUT2D eigenvalue weighted by Crippen LogP contribution is -1.84. The molecule has 16 heavy (non-hydrogen) atoms. The number of hydrogen-bond donors (Lipinski definition) is 1. The van der Waals surface area contributed by atoms with Crippen LogP contribution < -0.4 is 0 Å². The summed E-state index contributed by atoms with van der Waals surface area (Å²) >= 11 is 0. The van der Waals surface area contributed by atoms with Gasteiger partial charge in [0.2, 0.25) is 11.7 Å². The molecule has 0 unspecified atom stereocenters. The van der Waals surface area contributed by atoms with Crippen molar-refractivity contribution >= 4 is 0 Å². The Balaban J connectivity index is 2.15. The molecule has 0 amide bonds. The highest BCUT2D eigenvalue weighted by Crippen LogP contribution is 2.19. The summed E-state index contributed by atoms with van der Waals surface area (Å²) in [5.74, 6) is 1.48. The van der Waals surface area contributed by atoms with Crippen LogP contribution >= 0.6 is 0 Å². The first-order chi connectivity index (χ1) is 7.79. The maximum absolute atomic E-state index is 9.16. The largest absolute Gasteiger partial charge is 0.508 e. The van der Waals surface area contributed by atoms with E-state index in [2.05, 4.69) is 17.1 Å². The number of rotatable bonds is 4. The minimum atomic E-state index is 0.235. The summed E-state index contributed by atoms with van der Waals surface area (Å²) in [6, 6.07) is 6.75. The Hall–Kier alpha value is -1.84. The molecule has 1 aromatic heterocycles. The van der Waals surface area contributed by atoms with E-state index in [1.165, 1.54) is 0 Å². The Morgan fingerprint density at radius 2 is 2.00 bits per heavy atom. The second-order valence-electron chi connectivity index (χ2n) is 3.66. The fraction of sp³-hybridized carbons (Fsp3) is 0.333. The number of aryl methyl sites for hydroxylation is 1. The number of phenols is 1. The van der Waals surface area contributed by atoms with Crippen molar-refractivity contribution in [2.24, 2.45) is 0 Å². The molecule has 0 spiro atoms. The standard InChI is InChI=1S/C12H14N2O2/c1-2-3-4-11-13-12(14-16-11)9-5-7-10(15)8-6-9/h5-8,15H,2-4H2,1H3. The molecule has 2 aromatic rings. The SMILES string of the molecule is CCCCc1nc(-c2ccc(O)cc2)no1. The highest BCUT2D eigenvalue weighted by molar-refractivity contribution is 5.55. The van der Waals surface area contributed by atoms with Crippen LogP contribution in [0.15, 0.2) is 28.8 Å². The van der Waals surface area contributed by atoms with Crippen LogP contribution in [0.1, 0.15) is 25.7 Å². The van der Waals surface area contributed by atoms with Crippen molar-refractivity contribution in [3.63, 3.8) is 0 Å². The molecular weight excluding hydrogens is 204 g/mol. The zero-order valence-corrected chi connectivity index (χ0v) is 9.18. The lowest BCUT2D eigenvalue weighted by Gasteiger charge is -1.93. The van der Waals surface area contributed by atoms with Gasteiger partial charge in [-0.3, -0.25) is 0 Å². The van der Waals surface area contributed by atoms with Gasteiger partial charge < -0.3 is 9.63 Å². The van der Waals surface area contributed by atoms with E-state index in [-0.39, 0.29) is 5.75 Å². The molecule has 4 heteroatoms. The number of aromatic nitrogens is 2. The zero-order valence-electron chi connectivity index (χ0n) is 9.18. The monoisotopic (exact) mass is 218 g/mol. The fourth-order valence-corrected chi connectivity index (χ4v) is 1.41. The summed E-state index contributed by atoms with van der Waals surface area (Å²) in [5.41, 5.74) is 0.851. The van der Waals surface area contributed by atoms with Crippen LogP contribution in [0.25, 0.3) is 11.4 Å². The number of benzene rings is 1. The average molecular weight is 218 g/mol. The lowest BCUT2D eigenvalue weighted by atomic mass is 10.2. The molecule has 0 saturated carbocycles. The molecule has 0 atom stereocenters. The number of hydrogen-bond acceptors (Lipinski definition) is 4. The van der Waals surface area contributed by atoms with Crippen LogP contribution in [0.2, 0.25) is 0 Å². The van der Waals surface area contributed by atoms with Crippen molar-refractivity contribution in [2.45, 2.75) is 26.2 Å². The number of aromatic hydroxyl groups is 1. The van der Waals surface area contributed by atoms with Gasteiger partial charge in [0, 0.05) is 12.0 Å². The minimum Gasteiger partial charge on any atom is -0.508 e. The second-order valence-corrected chi connectivity index (χ2v) is 3.66. The van der Waals surface area contributed by atoms with Gasteiger partial charge in [-0.2, -0.15) is 4.98 Å². The van der Waals surface area contributed by atoms with Gasteiger partial charge in [0.15, 0.2) is 0 Å². The van der Waals surface area contributed by atoms with E-state index in [0.29, 0.717) is 11.7 Å².